The van der Waals surface area contributed by atoms with Gasteiger partial charge < -0.3 is 4.90 Å². The van der Waals surface area contributed by atoms with E-state index < -0.39 is 10.0 Å². The fourth-order valence-corrected chi connectivity index (χ4v) is 4.28. The zero-order chi connectivity index (χ0) is 19.3. The van der Waals surface area contributed by atoms with Crippen molar-refractivity contribution in [2.75, 3.05) is 19.6 Å². The van der Waals surface area contributed by atoms with Crippen molar-refractivity contribution in [1.29, 1.82) is 0 Å². The van der Waals surface area contributed by atoms with E-state index in [1.165, 1.54) is 18.6 Å². The van der Waals surface area contributed by atoms with Crippen LogP contribution in [0.1, 0.15) is 35.2 Å². The molecule has 1 fully saturated rings. The molecule has 0 saturated carbocycles. The van der Waals surface area contributed by atoms with E-state index in [1.807, 2.05) is 29.2 Å². The summed E-state index contributed by atoms with van der Waals surface area (Å²) in [6.07, 6.45) is 3.87. The lowest BCUT2D eigenvalue weighted by Crippen LogP contribution is -2.35. The van der Waals surface area contributed by atoms with Crippen LogP contribution in [-0.4, -0.2) is 38.9 Å². The van der Waals surface area contributed by atoms with Gasteiger partial charge in [-0.05, 0) is 67.6 Å². The number of hydrogen-bond donors (Lipinski definition) is 1. The Morgan fingerprint density at radius 1 is 0.963 bits per heavy atom. The second-order valence-corrected chi connectivity index (χ2v) is 8.85. The average Bonchev–Trinajstić information content (AvgIpc) is 2.69. The van der Waals surface area contributed by atoms with Gasteiger partial charge >= 0.3 is 0 Å². The lowest BCUT2D eigenvalue weighted by molar-refractivity contribution is 0.0724. The van der Waals surface area contributed by atoms with Gasteiger partial charge in [-0.2, -0.15) is 0 Å². The van der Waals surface area contributed by atoms with Crippen LogP contribution in [-0.2, 0) is 16.4 Å². The summed E-state index contributed by atoms with van der Waals surface area (Å²) in [5, 5.41) is 0.494. The first-order valence-corrected chi connectivity index (χ1v) is 11.0. The highest BCUT2D eigenvalue weighted by Gasteiger charge is 2.18. The normalized spacial score (nSPS) is 14.9. The van der Waals surface area contributed by atoms with Gasteiger partial charge in [0.15, 0.2) is 0 Å². The van der Waals surface area contributed by atoms with Crippen molar-refractivity contribution >= 4 is 27.5 Å². The number of carbonyl (C=O) groups excluding carboxylic acids is 1. The van der Waals surface area contributed by atoms with Crippen LogP contribution < -0.4 is 4.72 Å². The van der Waals surface area contributed by atoms with E-state index in [0.717, 1.165) is 31.5 Å². The second-order valence-electron chi connectivity index (χ2n) is 6.65. The average molecular weight is 407 g/mol. The first-order valence-electron chi connectivity index (χ1n) is 9.09. The molecule has 0 bridgehead atoms. The van der Waals surface area contributed by atoms with Gasteiger partial charge in [0.2, 0.25) is 10.0 Å². The van der Waals surface area contributed by atoms with Gasteiger partial charge in [-0.15, -0.1) is 0 Å². The van der Waals surface area contributed by atoms with Gasteiger partial charge in [0.1, 0.15) is 0 Å². The van der Waals surface area contributed by atoms with E-state index >= 15 is 0 Å². The third-order valence-corrected chi connectivity index (χ3v) is 6.40. The summed E-state index contributed by atoms with van der Waals surface area (Å²) in [7, 11) is -3.55. The Labute approximate surface area is 165 Å². The van der Waals surface area contributed by atoms with E-state index in [2.05, 4.69) is 4.72 Å². The monoisotopic (exact) mass is 406 g/mol. The van der Waals surface area contributed by atoms with E-state index in [-0.39, 0.29) is 17.3 Å². The standard InChI is InChI=1S/C20H23ClN2O3S/c21-18-8-10-19(11-9-18)27(25,26)22-13-12-16-4-6-17(7-5-16)20(24)23-14-2-1-3-15-23/h4-11,22H,1-3,12-15H2. The van der Waals surface area contributed by atoms with Crippen LogP contribution in [0.3, 0.4) is 0 Å². The smallest absolute Gasteiger partial charge is 0.253 e. The Kier molecular flexibility index (Phi) is 6.52. The van der Waals surface area contributed by atoms with Crippen LogP contribution in [0, 0.1) is 0 Å². The summed E-state index contributed by atoms with van der Waals surface area (Å²) < 4.78 is 27.1. The number of halogens is 1. The molecular formula is C20H23ClN2O3S. The number of carbonyl (C=O) groups is 1. The maximum Gasteiger partial charge on any atom is 0.253 e. The summed E-state index contributed by atoms with van der Waals surface area (Å²) in [5.74, 6) is 0.0738. The SMILES string of the molecule is O=C(c1ccc(CCNS(=O)(=O)c2ccc(Cl)cc2)cc1)N1CCCCC1. The maximum atomic E-state index is 12.5. The highest BCUT2D eigenvalue weighted by molar-refractivity contribution is 7.89. The van der Waals surface area contributed by atoms with Crippen LogP contribution in [0.15, 0.2) is 53.4 Å². The predicted octanol–water partition coefficient (Wildman–Crippen LogP) is 3.49. The number of likely N-dealkylation sites (tertiary alicyclic amines) is 1. The lowest BCUT2D eigenvalue weighted by Gasteiger charge is -2.26. The Bertz CT molecular complexity index is 874. The zero-order valence-electron chi connectivity index (χ0n) is 15.0. The summed E-state index contributed by atoms with van der Waals surface area (Å²) in [4.78, 5) is 14.6. The van der Waals surface area contributed by atoms with Crippen LogP contribution >= 0.6 is 11.6 Å². The summed E-state index contributed by atoms with van der Waals surface area (Å²) in [5.41, 5.74) is 1.66. The first-order chi connectivity index (χ1) is 13.0. The molecule has 1 aliphatic rings. The third kappa shape index (κ3) is 5.31. The molecule has 7 heteroatoms. The zero-order valence-corrected chi connectivity index (χ0v) is 16.6. The molecule has 0 radical (unpaired) electrons. The molecule has 1 saturated heterocycles. The fourth-order valence-electron chi connectivity index (χ4n) is 3.12. The fraction of sp³-hybridized carbons (Fsp3) is 0.350. The molecule has 0 aliphatic carbocycles. The highest BCUT2D eigenvalue weighted by Crippen LogP contribution is 2.15. The second kappa shape index (κ2) is 8.87. The number of nitrogens with one attached hydrogen (secondary N) is 1. The molecule has 27 heavy (non-hydrogen) atoms. The Morgan fingerprint density at radius 2 is 1.59 bits per heavy atom. The van der Waals surface area contributed by atoms with Gasteiger partial charge in [0.25, 0.3) is 5.91 Å². The van der Waals surface area contributed by atoms with Gasteiger partial charge in [-0.25, -0.2) is 13.1 Å². The molecule has 1 heterocycles. The van der Waals surface area contributed by atoms with Gasteiger partial charge in [-0.3, -0.25) is 4.79 Å². The first kappa shape index (κ1) is 19.9. The molecule has 1 amide bonds. The number of hydrogen-bond acceptors (Lipinski definition) is 3. The summed E-state index contributed by atoms with van der Waals surface area (Å²) in [6.45, 7) is 1.94. The number of benzene rings is 2. The van der Waals surface area contributed by atoms with E-state index in [4.69, 9.17) is 11.6 Å². The molecule has 1 N–H and O–H groups in total. The minimum Gasteiger partial charge on any atom is -0.339 e. The molecule has 5 nitrogen and oxygen atoms in total. The summed E-state index contributed by atoms with van der Waals surface area (Å²) >= 11 is 5.79. The highest BCUT2D eigenvalue weighted by atomic mass is 35.5. The number of piperidine rings is 1. The number of nitrogens with zero attached hydrogens (tertiary/aromatic N) is 1. The molecular weight excluding hydrogens is 384 g/mol. The Hall–Kier alpha value is -1.89. The molecule has 0 atom stereocenters. The molecule has 3 rings (SSSR count). The van der Waals surface area contributed by atoms with Crippen LogP contribution in [0.25, 0.3) is 0 Å². The minimum absolute atomic E-state index is 0.0738. The summed E-state index contributed by atoms with van der Waals surface area (Å²) in [6, 6.07) is 13.5. The van der Waals surface area contributed by atoms with E-state index in [0.29, 0.717) is 17.0 Å². The van der Waals surface area contributed by atoms with Gasteiger partial charge in [-0.1, -0.05) is 23.7 Å². The maximum absolute atomic E-state index is 12.5. The molecule has 2 aromatic carbocycles. The molecule has 2 aromatic rings. The predicted molar refractivity (Wildman–Crippen MR) is 107 cm³/mol. The van der Waals surface area contributed by atoms with Crippen molar-refractivity contribution < 1.29 is 13.2 Å². The van der Waals surface area contributed by atoms with Crippen molar-refractivity contribution in [3.63, 3.8) is 0 Å². The minimum atomic E-state index is -3.55. The Balaban J connectivity index is 1.54. The third-order valence-electron chi connectivity index (χ3n) is 4.67. The molecule has 1 aliphatic heterocycles. The van der Waals surface area contributed by atoms with E-state index in [9.17, 15) is 13.2 Å². The molecule has 0 aromatic heterocycles. The molecule has 144 valence electrons. The lowest BCUT2D eigenvalue weighted by atomic mass is 10.1. The van der Waals surface area contributed by atoms with Gasteiger partial charge in [0.05, 0.1) is 4.90 Å². The van der Waals surface area contributed by atoms with Crippen LogP contribution in [0.4, 0.5) is 0 Å². The quantitative estimate of drug-likeness (QED) is 0.798. The van der Waals surface area contributed by atoms with Crippen LogP contribution in [0.2, 0.25) is 5.02 Å². The number of amides is 1. The van der Waals surface area contributed by atoms with Crippen molar-refractivity contribution in [3.05, 3.63) is 64.7 Å². The molecule has 0 unspecified atom stereocenters. The van der Waals surface area contributed by atoms with E-state index in [1.54, 1.807) is 12.1 Å². The Morgan fingerprint density at radius 3 is 2.22 bits per heavy atom. The topological polar surface area (TPSA) is 66.5 Å². The number of rotatable bonds is 6. The van der Waals surface area contributed by atoms with Crippen LogP contribution in [0.5, 0.6) is 0 Å². The largest absolute Gasteiger partial charge is 0.339 e. The van der Waals surface area contributed by atoms with Gasteiger partial charge in [0, 0.05) is 30.2 Å². The van der Waals surface area contributed by atoms with Crippen molar-refractivity contribution in [2.24, 2.45) is 0 Å². The number of sulfonamides is 1. The van der Waals surface area contributed by atoms with Crippen molar-refractivity contribution in [3.8, 4) is 0 Å². The molecule has 0 spiro atoms. The van der Waals surface area contributed by atoms with Crippen molar-refractivity contribution in [1.82, 2.24) is 9.62 Å². The van der Waals surface area contributed by atoms with Crippen molar-refractivity contribution in [2.45, 2.75) is 30.6 Å².